The number of ether oxygens (including phenoxy) is 1. The number of rotatable bonds is 3. The minimum absolute atomic E-state index is 0.251. The first-order chi connectivity index (χ1) is 7.94. The van der Waals surface area contributed by atoms with Crippen molar-refractivity contribution < 1.29 is 9.53 Å². The Hall–Kier alpha value is -0.531. The Labute approximate surface area is 110 Å². The Kier molecular flexibility index (Phi) is 3.26. The van der Waals surface area contributed by atoms with Crippen molar-refractivity contribution in [2.75, 3.05) is 7.11 Å². The molecular weight excluding hydrogens is 279 g/mol. The second kappa shape index (κ2) is 4.29. The predicted molar refractivity (Wildman–Crippen MR) is 69.9 cm³/mol. The first kappa shape index (κ1) is 12.9. The van der Waals surface area contributed by atoms with Gasteiger partial charge in [0.15, 0.2) is 0 Å². The summed E-state index contributed by atoms with van der Waals surface area (Å²) in [6, 6.07) is 0. The molecule has 0 aromatic carbocycles. The van der Waals surface area contributed by atoms with Gasteiger partial charge in [-0.25, -0.2) is 0 Å². The van der Waals surface area contributed by atoms with E-state index in [1.807, 2.05) is 4.97 Å². The monoisotopic (exact) mass is 300 g/mol. The SMILES string of the molecule is C=C1CC2CCC1([Se]/C=C/C(=O)OC)C2(C)C. The Morgan fingerprint density at radius 2 is 2.29 bits per heavy atom. The molecule has 0 saturated heterocycles. The molecule has 0 N–H and O–H groups in total. The summed E-state index contributed by atoms with van der Waals surface area (Å²) in [5.74, 6) is 0.544. The third-order valence-electron chi connectivity index (χ3n) is 4.64. The van der Waals surface area contributed by atoms with Gasteiger partial charge >= 0.3 is 110 Å². The number of fused-ring (bicyclic) bond motifs is 2. The van der Waals surface area contributed by atoms with Crippen LogP contribution in [0.1, 0.15) is 33.1 Å². The summed E-state index contributed by atoms with van der Waals surface area (Å²) in [4.78, 5) is 13.1. The van der Waals surface area contributed by atoms with Gasteiger partial charge in [-0.15, -0.1) is 0 Å². The van der Waals surface area contributed by atoms with E-state index in [1.54, 1.807) is 6.08 Å². The summed E-state index contributed by atoms with van der Waals surface area (Å²) in [6.45, 7) is 9.03. The van der Waals surface area contributed by atoms with Crippen LogP contribution < -0.4 is 0 Å². The Morgan fingerprint density at radius 1 is 1.59 bits per heavy atom. The minimum atomic E-state index is -0.251. The van der Waals surface area contributed by atoms with E-state index in [-0.39, 0.29) is 10.3 Å². The number of carbonyl (C=O) groups is 1. The van der Waals surface area contributed by atoms with E-state index in [2.05, 4.69) is 25.2 Å². The zero-order valence-corrected chi connectivity index (χ0v) is 12.5. The fraction of sp³-hybridized carbons (Fsp3) is 0.643. The number of methoxy groups -OCH3 is 1. The van der Waals surface area contributed by atoms with Crippen LogP contribution in [0.5, 0.6) is 0 Å². The number of esters is 1. The third-order valence-corrected chi connectivity index (χ3v) is 8.20. The van der Waals surface area contributed by atoms with Crippen LogP contribution in [0.25, 0.3) is 0 Å². The third kappa shape index (κ3) is 1.80. The second-order valence-electron chi connectivity index (χ2n) is 5.54. The molecule has 2 rings (SSSR count). The summed E-state index contributed by atoms with van der Waals surface area (Å²) in [5.41, 5.74) is 1.76. The summed E-state index contributed by atoms with van der Waals surface area (Å²) >= 11 is 0.299. The average Bonchev–Trinajstić information content (AvgIpc) is 2.62. The van der Waals surface area contributed by atoms with E-state index >= 15 is 0 Å². The van der Waals surface area contributed by atoms with Gasteiger partial charge in [0, 0.05) is 0 Å². The first-order valence-corrected chi connectivity index (χ1v) is 7.89. The quantitative estimate of drug-likeness (QED) is 0.347. The summed E-state index contributed by atoms with van der Waals surface area (Å²) in [6.07, 6.45) is 5.32. The Bertz CT molecular complexity index is 384. The van der Waals surface area contributed by atoms with Gasteiger partial charge in [-0.05, 0) is 0 Å². The van der Waals surface area contributed by atoms with Gasteiger partial charge in [0.25, 0.3) is 0 Å². The van der Waals surface area contributed by atoms with Crippen LogP contribution in [0.4, 0.5) is 0 Å². The molecule has 0 aliphatic heterocycles. The normalized spacial score (nSPS) is 34.5. The van der Waals surface area contributed by atoms with Crippen LogP contribution >= 0.6 is 0 Å². The molecule has 0 spiro atoms. The van der Waals surface area contributed by atoms with Crippen LogP contribution in [0.2, 0.25) is 4.31 Å². The molecule has 94 valence electrons. The molecule has 0 aromatic rings. The van der Waals surface area contributed by atoms with Crippen molar-refractivity contribution in [1.82, 2.24) is 0 Å². The van der Waals surface area contributed by atoms with Crippen LogP contribution in [0.3, 0.4) is 0 Å². The number of hydrogen-bond donors (Lipinski definition) is 0. The number of hydrogen-bond acceptors (Lipinski definition) is 2. The van der Waals surface area contributed by atoms with Crippen LogP contribution in [-0.2, 0) is 9.53 Å². The van der Waals surface area contributed by atoms with E-state index in [0.29, 0.717) is 20.4 Å². The van der Waals surface area contributed by atoms with Crippen molar-refractivity contribution in [2.45, 2.75) is 37.4 Å². The maximum absolute atomic E-state index is 11.1. The molecule has 2 bridgehead atoms. The Morgan fingerprint density at radius 3 is 2.76 bits per heavy atom. The standard InChI is InChI=1S/C14H20O2Se/c1-10-9-11-5-7-14(10,13(11,2)3)17-8-6-12(15)16-4/h6,8,11H,1,5,7,9H2,2-4H3/b8-6+. The fourth-order valence-electron chi connectivity index (χ4n) is 3.41. The molecule has 0 heterocycles. The zero-order chi connectivity index (χ0) is 12.7. The van der Waals surface area contributed by atoms with Crippen molar-refractivity contribution in [3.63, 3.8) is 0 Å². The van der Waals surface area contributed by atoms with Crippen LogP contribution in [0.15, 0.2) is 23.2 Å². The summed E-state index contributed by atoms with van der Waals surface area (Å²) in [5, 5.41) is 0. The van der Waals surface area contributed by atoms with Gasteiger partial charge in [-0.2, -0.15) is 0 Å². The predicted octanol–water partition coefficient (Wildman–Crippen LogP) is 2.93. The van der Waals surface area contributed by atoms with Gasteiger partial charge in [0.05, 0.1) is 0 Å². The second-order valence-corrected chi connectivity index (χ2v) is 8.06. The van der Waals surface area contributed by atoms with Crippen molar-refractivity contribution in [1.29, 1.82) is 0 Å². The van der Waals surface area contributed by atoms with Gasteiger partial charge in [0.2, 0.25) is 0 Å². The van der Waals surface area contributed by atoms with Crippen molar-refractivity contribution in [3.05, 3.63) is 23.2 Å². The molecular formula is C14H20O2Se. The van der Waals surface area contributed by atoms with Gasteiger partial charge in [0.1, 0.15) is 0 Å². The fourth-order valence-corrected chi connectivity index (χ4v) is 6.28. The maximum atomic E-state index is 11.1. The molecule has 2 saturated carbocycles. The van der Waals surface area contributed by atoms with Gasteiger partial charge < -0.3 is 0 Å². The van der Waals surface area contributed by atoms with Crippen molar-refractivity contribution in [2.24, 2.45) is 11.3 Å². The van der Waals surface area contributed by atoms with Gasteiger partial charge in [-0.3, -0.25) is 0 Å². The molecule has 0 radical (unpaired) electrons. The average molecular weight is 299 g/mol. The Balaban J connectivity index is 2.15. The van der Waals surface area contributed by atoms with Crippen LogP contribution in [-0.4, -0.2) is 28.0 Å². The molecule has 2 fully saturated rings. The molecule has 0 amide bonds. The molecule has 2 nitrogen and oxygen atoms in total. The van der Waals surface area contributed by atoms with E-state index < -0.39 is 0 Å². The van der Waals surface area contributed by atoms with Crippen molar-refractivity contribution >= 4 is 20.9 Å². The van der Waals surface area contributed by atoms with Gasteiger partial charge in [-0.1, -0.05) is 0 Å². The zero-order valence-electron chi connectivity index (χ0n) is 10.8. The molecule has 17 heavy (non-hydrogen) atoms. The molecule has 2 aliphatic carbocycles. The topological polar surface area (TPSA) is 26.3 Å². The summed E-state index contributed by atoms with van der Waals surface area (Å²) < 4.78 is 4.91. The molecule has 2 unspecified atom stereocenters. The van der Waals surface area contributed by atoms with Crippen molar-refractivity contribution in [3.8, 4) is 0 Å². The number of carbonyl (C=O) groups excluding carboxylic acids is 1. The summed E-state index contributed by atoms with van der Waals surface area (Å²) in [7, 11) is 1.42. The molecule has 0 aromatic heterocycles. The number of allylic oxidation sites excluding steroid dienone is 1. The van der Waals surface area contributed by atoms with E-state index in [0.717, 1.165) is 5.92 Å². The van der Waals surface area contributed by atoms with E-state index in [4.69, 9.17) is 0 Å². The van der Waals surface area contributed by atoms with E-state index in [1.165, 1.54) is 31.9 Å². The van der Waals surface area contributed by atoms with E-state index in [9.17, 15) is 4.79 Å². The molecule has 3 heteroatoms. The molecule has 2 atom stereocenters. The van der Waals surface area contributed by atoms with Crippen LogP contribution in [0, 0.1) is 11.3 Å². The molecule has 2 aliphatic rings. The first-order valence-electron chi connectivity index (χ1n) is 6.04.